The van der Waals surface area contributed by atoms with Gasteiger partial charge in [-0.05, 0) is 66.4 Å². The molecule has 0 bridgehead atoms. The highest BCUT2D eigenvalue weighted by Gasteiger charge is 2.36. The maximum atomic E-state index is 14.0. The molecule has 0 saturated heterocycles. The minimum atomic E-state index is -0.806. The molecule has 39 heavy (non-hydrogen) atoms. The number of hydrogen-bond donors (Lipinski definition) is 1. The van der Waals surface area contributed by atoms with Crippen molar-refractivity contribution in [2.45, 2.75) is 26.3 Å². The van der Waals surface area contributed by atoms with Crippen LogP contribution < -0.4 is 19.6 Å². The maximum Gasteiger partial charge on any atom is 0.338 e. The van der Waals surface area contributed by atoms with Crippen LogP contribution in [-0.2, 0) is 16.0 Å². The van der Waals surface area contributed by atoms with Crippen molar-refractivity contribution < 1.29 is 19.4 Å². The number of fused-ring (bicyclic) bond motifs is 2. The molecule has 1 aliphatic heterocycles. The number of aromatic nitrogens is 1. The first kappa shape index (κ1) is 26.2. The predicted molar refractivity (Wildman–Crippen MR) is 153 cm³/mol. The number of ether oxygens (including phenoxy) is 2. The largest absolute Gasteiger partial charge is 0.508 e. The number of phenols is 1. The highest BCUT2D eigenvalue weighted by molar-refractivity contribution is 7.07. The van der Waals surface area contributed by atoms with Crippen LogP contribution in [0.3, 0.4) is 0 Å². The third-order valence-electron chi connectivity index (χ3n) is 6.71. The van der Waals surface area contributed by atoms with Crippen LogP contribution in [-0.4, -0.2) is 29.4 Å². The molecule has 2 heterocycles. The summed E-state index contributed by atoms with van der Waals surface area (Å²) in [4.78, 5) is 32.5. The first-order valence-electron chi connectivity index (χ1n) is 12.6. The quantitative estimate of drug-likeness (QED) is 0.277. The van der Waals surface area contributed by atoms with Gasteiger partial charge in [0.1, 0.15) is 17.5 Å². The number of carbonyl (C=O) groups excluding carboxylic acids is 1. The second-order valence-corrected chi connectivity index (χ2v) is 10.1. The van der Waals surface area contributed by atoms with Crippen molar-refractivity contribution in [2.75, 3.05) is 13.7 Å². The van der Waals surface area contributed by atoms with E-state index >= 15 is 0 Å². The molecule has 0 fully saturated rings. The second-order valence-electron chi connectivity index (χ2n) is 9.09. The molecule has 4 aromatic rings. The van der Waals surface area contributed by atoms with E-state index in [1.807, 2.05) is 42.5 Å². The van der Waals surface area contributed by atoms with Crippen molar-refractivity contribution in [1.29, 1.82) is 0 Å². The Morgan fingerprint density at radius 3 is 2.74 bits per heavy atom. The van der Waals surface area contributed by atoms with Crippen LogP contribution in [0.4, 0.5) is 0 Å². The topological polar surface area (TPSA) is 90.1 Å². The summed E-state index contributed by atoms with van der Waals surface area (Å²) < 4.78 is 13.2. The monoisotopic (exact) mass is 540 g/mol. The number of nitrogens with zero attached hydrogens (tertiary/aromatic N) is 2. The first-order valence-corrected chi connectivity index (χ1v) is 13.4. The minimum Gasteiger partial charge on any atom is -0.508 e. The van der Waals surface area contributed by atoms with Crippen LogP contribution in [0.1, 0.15) is 36.6 Å². The summed E-state index contributed by atoms with van der Waals surface area (Å²) in [6.07, 6.45) is 3.98. The number of benzene rings is 3. The van der Waals surface area contributed by atoms with Gasteiger partial charge in [0.25, 0.3) is 5.56 Å². The molecule has 8 heteroatoms. The van der Waals surface area contributed by atoms with Crippen molar-refractivity contribution in [3.63, 3.8) is 0 Å². The van der Waals surface area contributed by atoms with E-state index in [2.05, 4.69) is 11.6 Å². The fraction of sp³-hybridized carbons (Fsp3) is 0.194. The Hall–Kier alpha value is -4.43. The highest BCUT2D eigenvalue weighted by atomic mass is 32.1. The summed E-state index contributed by atoms with van der Waals surface area (Å²) in [5.74, 6) is 0.198. The number of hydrogen-bond acceptors (Lipinski definition) is 7. The van der Waals surface area contributed by atoms with E-state index in [0.29, 0.717) is 43.9 Å². The first-order chi connectivity index (χ1) is 18.9. The van der Waals surface area contributed by atoms with E-state index in [1.165, 1.54) is 11.3 Å². The van der Waals surface area contributed by atoms with Gasteiger partial charge in [-0.2, -0.15) is 0 Å². The number of carbonyl (C=O) groups is 1. The number of aromatic hydroxyl groups is 1. The highest BCUT2D eigenvalue weighted by Crippen LogP contribution is 2.40. The van der Waals surface area contributed by atoms with Gasteiger partial charge in [0.05, 0.1) is 29.5 Å². The zero-order valence-corrected chi connectivity index (χ0v) is 22.7. The molecule has 3 aromatic carbocycles. The van der Waals surface area contributed by atoms with Gasteiger partial charge >= 0.3 is 5.97 Å². The predicted octanol–water partition coefficient (Wildman–Crippen LogP) is 4.39. The van der Waals surface area contributed by atoms with Gasteiger partial charge in [0.2, 0.25) is 0 Å². The lowest BCUT2D eigenvalue weighted by Gasteiger charge is -2.27. The molecule has 1 N–H and O–H groups in total. The summed E-state index contributed by atoms with van der Waals surface area (Å²) in [6, 6.07) is 16.0. The standard InChI is InChI=1S/C31H28N2O5S/c1-5-9-21-16-19(12-14-23(21)34)17-25-29(35)33-28(26(30(36)38-6-2)18(3)32-31(33)39-25)27-22-11-8-7-10-20(22)13-15-24(27)37-4/h5,7-8,10-17,28,34H,1,6,9H2,2-4H3/b25-17+/t28-/m0/s1. The molecule has 0 spiro atoms. The van der Waals surface area contributed by atoms with Crippen LogP contribution in [0.5, 0.6) is 11.5 Å². The van der Waals surface area contributed by atoms with E-state index in [1.54, 1.807) is 49.8 Å². The third kappa shape index (κ3) is 4.68. The van der Waals surface area contributed by atoms with E-state index in [0.717, 1.165) is 16.3 Å². The lowest BCUT2D eigenvalue weighted by atomic mass is 9.90. The third-order valence-corrected chi connectivity index (χ3v) is 7.69. The number of rotatable bonds is 7. The van der Waals surface area contributed by atoms with E-state index in [9.17, 15) is 14.7 Å². The maximum absolute atomic E-state index is 14.0. The zero-order chi connectivity index (χ0) is 27.7. The van der Waals surface area contributed by atoms with E-state index in [-0.39, 0.29) is 17.9 Å². The zero-order valence-electron chi connectivity index (χ0n) is 21.9. The Morgan fingerprint density at radius 1 is 1.21 bits per heavy atom. The average molecular weight is 541 g/mol. The van der Waals surface area contributed by atoms with Gasteiger partial charge in [-0.25, -0.2) is 9.79 Å². The van der Waals surface area contributed by atoms with Crippen LogP contribution >= 0.6 is 11.3 Å². The molecule has 1 atom stereocenters. The second kappa shape index (κ2) is 10.7. The van der Waals surface area contributed by atoms with Crippen LogP contribution in [0.15, 0.2) is 88.3 Å². The number of esters is 1. The molecule has 0 amide bonds. The van der Waals surface area contributed by atoms with E-state index < -0.39 is 12.0 Å². The molecule has 7 nitrogen and oxygen atoms in total. The molecule has 0 aliphatic carbocycles. The van der Waals surface area contributed by atoms with Crippen molar-refractivity contribution in [3.8, 4) is 11.5 Å². The summed E-state index contributed by atoms with van der Waals surface area (Å²) >= 11 is 1.25. The molecule has 0 unspecified atom stereocenters. The molecule has 0 saturated carbocycles. The van der Waals surface area contributed by atoms with E-state index in [4.69, 9.17) is 9.47 Å². The van der Waals surface area contributed by atoms with Crippen LogP contribution in [0, 0.1) is 0 Å². The molecule has 1 aliphatic rings. The summed E-state index contributed by atoms with van der Waals surface area (Å²) in [5, 5.41) is 12.0. The fourth-order valence-electron chi connectivity index (χ4n) is 4.97. The van der Waals surface area contributed by atoms with Crippen molar-refractivity contribution in [2.24, 2.45) is 4.99 Å². The molecular weight excluding hydrogens is 512 g/mol. The van der Waals surface area contributed by atoms with Gasteiger partial charge in [-0.1, -0.05) is 53.8 Å². The average Bonchev–Trinajstić information content (AvgIpc) is 3.23. The van der Waals surface area contributed by atoms with Crippen molar-refractivity contribution in [1.82, 2.24) is 4.57 Å². The van der Waals surface area contributed by atoms with Gasteiger partial charge < -0.3 is 14.6 Å². The Bertz CT molecular complexity index is 1830. The number of phenolic OH excluding ortho intramolecular Hbond substituents is 1. The van der Waals surface area contributed by atoms with Gasteiger partial charge in [-0.3, -0.25) is 9.36 Å². The Morgan fingerprint density at radius 2 is 2.00 bits per heavy atom. The smallest absolute Gasteiger partial charge is 0.338 e. The van der Waals surface area contributed by atoms with Crippen LogP contribution in [0.25, 0.3) is 16.8 Å². The van der Waals surface area contributed by atoms with Crippen molar-refractivity contribution >= 4 is 34.2 Å². The van der Waals surface area contributed by atoms with Crippen LogP contribution in [0.2, 0.25) is 0 Å². The van der Waals surface area contributed by atoms with Gasteiger partial charge in [0, 0.05) is 5.56 Å². The van der Waals surface area contributed by atoms with Crippen molar-refractivity contribution in [3.05, 3.63) is 115 Å². The lowest BCUT2D eigenvalue weighted by Crippen LogP contribution is -2.40. The van der Waals surface area contributed by atoms with Gasteiger partial charge in [-0.15, -0.1) is 6.58 Å². The summed E-state index contributed by atoms with van der Waals surface area (Å²) in [6.45, 7) is 7.44. The number of thiazole rings is 1. The molecule has 5 rings (SSSR count). The normalized spacial score (nSPS) is 15.2. The number of allylic oxidation sites excluding steroid dienone is 2. The minimum absolute atomic E-state index is 0.172. The SMILES string of the molecule is C=CCc1cc(/C=c2/sc3n(c2=O)[C@H](c2c(OC)ccc4ccccc24)C(C(=O)OCC)=C(C)N=3)ccc1O. The molecule has 1 aromatic heterocycles. The summed E-state index contributed by atoms with van der Waals surface area (Å²) in [5.41, 5.74) is 2.66. The Kier molecular flexibility index (Phi) is 7.21. The number of methoxy groups -OCH3 is 1. The summed E-state index contributed by atoms with van der Waals surface area (Å²) in [7, 11) is 1.57. The molecular formula is C31H28N2O5S. The van der Waals surface area contributed by atoms with Gasteiger partial charge in [0.15, 0.2) is 4.80 Å². The molecule has 198 valence electrons. The Balaban J connectivity index is 1.81. The molecule has 0 radical (unpaired) electrons. The fourth-order valence-corrected chi connectivity index (χ4v) is 6.01. The lowest BCUT2D eigenvalue weighted by molar-refractivity contribution is -0.139. The Labute approximate surface area is 229 Å².